The van der Waals surface area contributed by atoms with Crippen molar-refractivity contribution in [3.05, 3.63) is 16.5 Å². The normalized spacial score (nSPS) is 24.2. The number of piperazine rings is 1. The molecule has 1 aromatic rings. The van der Waals surface area contributed by atoms with Crippen LogP contribution in [-0.2, 0) is 24.3 Å². The van der Waals surface area contributed by atoms with Crippen LogP contribution in [0, 0.1) is 11.8 Å². The molecule has 7 nitrogen and oxygen atoms in total. The smallest absolute Gasteiger partial charge is 0.309 e. The molecule has 0 spiro atoms. The van der Waals surface area contributed by atoms with Crippen molar-refractivity contribution in [1.82, 2.24) is 9.21 Å². The molecule has 10 heteroatoms. The van der Waals surface area contributed by atoms with Gasteiger partial charge in [0.1, 0.15) is 4.21 Å². The van der Waals surface area contributed by atoms with E-state index in [-0.39, 0.29) is 54.8 Å². The van der Waals surface area contributed by atoms with Gasteiger partial charge in [0, 0.05) is 26.2 Å². The number of carbonyl (C=O) groups excluding carboxylic acids is 2. The van der Waals surface area contributed by atoms with Crippen molar-refractivity contribution in [1.29, 1.82) is 0 Å². The fourth-order valence-corrected chi connectivity index (χ4v) is 5.78. The van der Waals surface area contributed by atoms with Gasteiger partial charge >= 0.3 is 5.97 Å². The highest BCUT2D eigenvalue weighted by Gasteiger charge is 2.41. The van der Waals surface area contributed by atoms with Crippen LogP contribution in [-0.4, -0.2) is 62.3 Å². The lowest BCUT2D eigenvalue weighted by atomic mass is 10.3. The Bertz CT molecular complexity index is 771. The highest BCUT2D eigenvalue weighted by atomic mass is 35.5. The predicted molar refractivity (Wildman–Crippen MR) is 92.9 cm³/mol. The maximum absolute atomic E-state index is 12.5. The summed E-state index contributed by atoms with van der Waals surface area (Å²) in [5, 5.41) is 0. The Labute approximate surface area is 155 Å². The van der Waals surface area contributed by atoms with Gasteiger partial charge in [-0.15, -0.1) is 11.3 Å². The SMILES string of the molecule is C[C@@H]1C[C@@H]1C(=O)OCC(=O)N1CCN(S(=O)(=O)c2ccc(Cl)s2)CC1. The van der Waals surface area contributed by atoms with Crippen LogP contribution < -0.4 is 0 Å². The van der Waals surface area contributed by atoms with Crippen LogP contribution in [0.5, 0.6) is 0 Å². The molecular weight excluding hydrogens is 388 g/mol. The zero-order chi connectivity index (χ0) is 18.2. The van der Waals surface area contributed by atoms with Crippen LogP contribution in [0.2, 0.25) is 4.34 Å². The van der Waals surface area contributed by atoms with E-state index in [4.69, 9.17) is 16.3 Å². The van der Waals surface area contributed by atoms with Crippen LogP contribution in [0.25, 0.3) is 0 Å². The average molecular weight is 407 g/mol. The van der Waals surface area contributed by atoms with E-state index in [1.807, 2.05) is 6.92 Å². The monoisotopic (exact) mass is 406 g/mol. The standard InChI is InChI=1S/C15H19ClN2O5S2/c1-10-8-11(10)15(20)23-9-13(19)17-4-6-18(7-5-17)25(21,22)14-3-2-12(16)24-14/h2-3,10-11H,4-9H2,1H3/t10-,11+/m1/s1. The van der Waals surface area contributed by atoms with Crippen LogP contribution in [0.15, 0.2) is 16.3 Å². The molecule has 1 amide bonds. The van der Waals surface area contributed by atoms with Crippen molar-refractivity contribution in [3.63, 3.8) is 0 Å². The first-order valence-corrected chi connectivity index (χ1v) is 10.6. The first-order valence-electron chi connectivity index (χ1n) is 7.99. The third-order valence-electron chi connectivity index (χ3n) is 4.48. The van der Waals surface area contributed by atoms with E-state index < -0.39 is 10.0 Å². The van der Waals surface area contributed by atoms with E-state index in [9.17, 15) is 18.0 Å². The summed E-state index contributed by atoms with van der Waals surface area (Å²) in [5.74, 6) is -0.357. The Morgan fingerprint density at radius 3 is 2.44 bits per heavy atom. The summed E-state index contributed by atoms with van der Waals surface area (Å²) < 4.78 is 32.0. The van der Waals surface area contributed by atoms with Crippen molar-refractivity contribution >= 4 is 44.8 Å². The fourth-order valence-electron chi connectivity index (χ4n) is 2.72. The minimum absolute atomic E-state index is 0.0765. The molecule has 0 bridgehead atoms. The van der Waals surface area contributed by atoms with Crippen molar-refractivity contribution in [2.75, 3.05) is 32.8 Å². The van der Waals surface area contributed by atoms with Gasteiger partial charge in [-0.05, 0) is 24.5 Å². The zero-order valence-corrected chi connectivity index (χ0v) is 16.1. The molecule has 1 saturated carbocycles. The number of carbonyl (C=O) groups is 2. The number of rotatable bonds is 5. The van der Waals surface area contributed by atoms with Gasteiger partial charge in [0.2, 0.25) is 0 Å². The van der Waals surface area contributed by atoms with Crippen LogP contribution in [0.1, 0.15) is 13.3 Å². The second kappa shape index (κ2) is 7.22. The summed E-state index contributed by atoms with van der Waals surface area (Å²) in [4.78, 5) is 25.3. The predicted octanol–water partition coefficient (Wildman–Crippen LogP) is 1.43. The molecule has 0 unspecified atom stereocenters. The first kappa shape index (κ1) is 18.6. The number of hydrogen-bond donors (Lipinski definition) is 0. The molecule has 1 aliphatic carbocycles. The zero-order valence-electron chi connectivity index (χ0n) is 13.7. The van der Waals surface area contributed by atoms with Gasteiger partial charge in [-0.25, -0.2) is 8.42 Å². The van der Waals surface area contributed by atoms with Gasteiger partial charge in [-0.1, -0.05) is 18.5 Å². The fraction of sp³-hybridized carbons (Fsp3) is 0.600. The van der Waals surface area contributed by atoms with Gasteiger partial charge in [0.05, 0.1) is 10.3 Å². The second-order valence-corrected chi connectivity index (χ2v) is 10.2. The Kier molecular flexibility index (Phi) is 5.38. The summed E-state index contributed by atoms with van der Waals surface area (Å²) >= 11 is 6.82. The maximum Gasteiger partial charge on any atom is 0.309 e. The summed E-state index contributed by atoms with van der Waals surface area (Å²) in [5.41, 5.74) is 0. The molecule has 3 rings (SSSR count). The number of nitrogens with zero attached hydrogens (tertiary/aromatic N) is 2. The summed E-state index contributed by atoms with van der Waals surface area (Å²) in [6.07, 6.45) is 0.816. The molecule has 25 heavy (non-hydrogen) atoms. The van der Waals surface area contributed by atoms with E-state index in [1.54, 1.807) is 6.07 Å². The van der Waals surface area contributed by atoms with Crippen molar-refractivity contribution in [3.8, 4) is 0 Å². The molecule has 2 fully saturated rings. The van der Waals surface area contributed by atoms with Gasteiger partial charge in [0.15, 0.2) is 6.61 Å². The van der Waals surface area contributed by atoms with Crippen LogP contribution in [0.4, 0.5) is 0 Å². The van der Waals surface area contributed by atoms with Gasteiger partial charge < -0.3 is 9.64 Å². The lowest BCUT2D eigenvalue weighted by molar-refractivity contribution is -0.153. The average Bonchev–Trinajstić information content (AvgIpc) is 3.16. The van der Waals surface area contributed by atoms with Crippen molar-refractivity contribution in [2.24, 2.45) is 11.8 Å². The van der Waals surface area contributed by atoms with Crippen molar-refractivity contribution < 1.29 is 22.7 Å². The van der Waals surface area contributed by atoms with Gasteiger partial charge in [0.25, 0.3) is 15.9 Å². The minimum atomic E-state index is -3.58. The molecule has 0 aromatic carbocycles. The van der Waals surface area contributed by atoms with Gasteiger partial charge in [-0.2, -0.15) is 4.31 Å². The third kappa shape index (κ3) is 4.16. The van der Waals surface area contributed by atoms with E-state index in [2.05, 4.69) is 0 Å². The lowest BCUT2D eigenvalue weighted by Crippen LogP contribution is -2.51. The largest absolute Gasteiger partial charge is 0.455 e. The van der Waals surface area contributed by atoms with E-state index in [1.165, 1.54) is 15.3 Å². The molecule has 1 aromatic heterocycles. The molecule has 138 valence electrons. The molecule has 2 atom stereocenters. The number of hydrogen-bond acceptors (Lipinski definition) is 6. The molecule has 0 radical (unpaired) electrons. The maximum atomic E-state index is 12.5. The van der Waals surface area contributed by atoms with E-state index >= 15 is 0 Å². The van der Waals surface area contributed by atoms with Crippen LogP contribution in [0.3, 0.4) is 0 Å². The Morgan fingerprint density at radius 1 is 1.28 bits per heavy atom. The Morgan fingerprint density at radius 2 is 1.92 bits per heavy atom. The first-order chi connectivity index (χ1) is 11.8. The number of halogens is 1. The number of sulfonamides is 1. The van der Waals surface area contributed by atoms with Crippen LogP contribution >= 0.6 is 22.9 Å². The number of amides is 1. The third-order valence-corrected chi connectivity index (χ3v) is 8.08. The molecule has 1 aliphatic heterocycles. The summed E-state index contributed by atoms with van der Waals surface area (Å²) in [6, 6.07) is 3.03. The van der Waals surface area contributed by atoms with E-state index in [0.29, 0.717) is 10.3 Å². The topological polar surface area (TPSA) is 84.0 Å². The lowest BCUT2D eigenvalue weighted by Gasteiger charge is -2.33. The van der Waals surface area contributed by atoms with Gasteiger partial charge in [-0.3, -0.25) is 9.59 Å². The number of esters is 1. The second-order valence-electron chi connectivity index (χ2n) is 6.27. The molecular formula is C15H19ClN2O5S2. The Hall–Kier alpha value is -1.16. The van der Waals surface area contributed by atoms with Crippen molar-refractivity contribution in [2.45, 2.75) is 17.6 Å². The Balaban J connectivity index is 1.49. The quantitative estimate of drug-likeness (QED) is 0.691. The summed E-state index contributed by atoms with van der Waals surface area (Å²) in [6.45, 7) is 2.64. The minimum Gasteiger partial charge on any atom is -0.455 e. The number of ether oxygens (including phenoxy) is 1. The number of thiophene rings is 1. The highest BCUT2D eigenvalue weighted by Crippen LogP contribution is 2.38. The summed E-state index contributed by atoms with van der Waals surface area (Å²) in [7, 11) is -3.58. The molecule has 2 heterocycles. The molecule has 1 saturated heterocycles. The van der Waals surface area contributed by atoms with E-state index in [0.717, 1.165) is 17.8 Å². The molecule has 2 aliphatic rings. The molecule has 0 N–H and O–H groups in total. The highest BCUT2D eigenvalue weighted by molar-refractivity contribution is 7.91.